The maximum absolute atomic E-state index is 13.7. The van der Waals surface area contributed by atoms with Gasteiger partial charge in [-0.1, -0.05) is 32.0 Å². The molecule has 0 atom stereocenters. The Bertz CT molecular complexity index is 999. The summed E-state index contributed by atoms with van der Waals surface area (Å²) in [5.74, 6) is -0.591. The fourth-order valence-corrected chi connectivity index (χ4v) is 3.19. The zero-order valence-electron chi connectivity index (χ0n) is 18.1. The van der Waals surface area contributed by atoms with Gasteiger partial charge in [0.2, 0.25) is 11.8 Å². The summed E-state index contributed by atoms with van der Waals surface area (Å²) in [7, 11) is 0. The van der Waals surface area contributed by atoms with E-state index < -0.39 is 34.6 Å². The van der Waals surface area contributed by atoms with Crippen LogP contribution < -0.4 is 10.6 Å². The first-order valence-electron chi connectivity index (χ1n) is 10.3. The van der Waals surface area contributed by atoms with Gasteiger partial charge in [-0.25, -0.2) is 0 Å². The van der Waals surface area contributed by atoms with Gasteiger partial charge < -0.3 is 10.6 Å². The van der Waals surface area contributed by atoms with Crippen LogP contribution in [0.5, 0.6) is 0 Å². The summed E-state index contributed by atoms with van der Waals surface area (Å²) in [6.07, 6.45) is -9.25. The van der Waals surface area contributed by atoms with Gasteiger partial charge in [-0.15, -0.1) is 0 Å². The standard InChI is InChI=1S/C23H24F6N2O2/c1-3-20(32)30-10-9-14-5-7-18(22(24,25)26)16(11-14)17-12-15(13-31-21(33)4-2)6-8-19(17)23(27,28)29/h5-8,11-12H,3-4,9-10,13H2,1-2H3,(H,30,32)(H,31,33). The van der Waals surface area contributed by atoms with E-state index in [-0.39, 0.29) is 49.7 Å². The number of hydrogen-bond donors (Lipinski definition) is 2. The lowest BCUT2D eigenvalue weighted by molar-refractivity contribution is -0.139. The first-order valence-corrected chi connectivity index (χ1v) is 10.3. The Hall–Kier alpha value is -3.04. The van der Waals surface area contributed by atoms with Crippen LogP contribution in [-0.2, 0) is 34.9 Å². The summed E-state index contributed by atoms with van der Waals surface area (Å²) in [6.45, 7) is 3.24. The number of alkyl halides is 6. The number of rotatable bonds is 8. The number of carbonyl (C=O) groups is 2. The van der Waals surface area contributed by atoms with E-state index >= 15 is 0 Å². The Labute approximate surface area is 187 Å². The molecule has 0 saturated carbocycles. The van der Waals surface area contributed by atoms with Gasteiger partial charge in [-0.2, -0.15) is 26.3 Å². The normalized spacial score (nSPS) is 11.9. The molecule has 4 nitrogen and oxygen atoms in total. The largest absolute Gasteiger partial charge is 0.417 e. The number of benzene rings is 2. The van der Waals surface area contributed by atoms with Crippen molar-refractivity contribution >= 4 is 11.8 Å². The molecule has 0 aromatic heterocycles. The zero-order valence-corrected chi connectivity index (χ0v) is 18.1. The van der Waals surface area contributed by atoms with E-state index in [1.54, 1.807) is 13.8 Å². The molecule has 2 N–H and O–H groups in total. The van der Waals surface area contributed by atoms with Crippen molar-refractivity contribution in [2.75, 3.05) is 6.54 Å². The minimum absolute atomic E-state index is 0.123. The van der Waals surface area contributed by atoms with Crippen molar-refractivity contribution in [3.8, 4) is 11.1 Å². The molecular formula is C23H24F6N2O2. The van der Waals surface area contributed by atoms with Crippen molar-refractivity contribution in [2.45, 2.75) is 52.0 Å². The molecule has 0 aliphatic carbocycles. The van der Waals surface area contributed by atoms with Gasteiger partial charge >= 0.3 is 12.4 Å². The van der Waals surface area contributed by atoms with E-state index in [2.05, 4.69) is 10.6 Å². The number of halogens is 6. The highest BCUT2D eigenvalue weighted by atomic mass is 19.4. The summed E-state index contributed by atoms with van der Waals surface area (Å²) in [4.78, 5) is 22.9. The van der Waals surface area contributed by atoms with Crippen molar-refractivity contribution in [3.63, 3.8) is 0 Å². The van der Waals surface area contributed by atoms with Crippen LogP contribution >= 0.6 is 0 Å². The second-order valence-electron chi connectivity index (χ2n) is 7.34. The third-order valence-electron chi connectivity index (χ3n) is 4.94. The Balaban J connectivity index is 2.58. The van der Waals surface area contributed by atoms with Crippen LogP contribution in [0, 0.1) is 0 Å². The summed E-state index contributed by atoms with van der Waals surface area (Å²) in [5, 5.41) is 5.08. The lowest BCUT2D eigenvalue weighted by atomic mass is 9.91. The Morgan fingerprint density at radius 3 is 1.67 bits per heavy atom. The molecule has 33 heavy (non-hydrogen) atoms. The molecule has 10 heteroatoms. The average molecular weight is 474 g/mol. The van der Waals surface area contributed by atoms with Crippen molar-refractivity contribution < 1.29 is 35.9 Å². The van der Waals surface area contributed by atoms with Crippen LogP contribution in [0.1, 0.15) is 48.9 Å². The third-order valence-corrected chi connectivity index (χ3v) is 4.94. The maximum Gasteiger partial charge on any atom is 0.417 e. The van der Waals surface area contributed by atoms with Crippen molar-refractivity contribution in [1.29, 1.82) is 0 Å². The minimum atomic E-state index is -4.89. The van der Waals surface area contributed by atoms with Crippen LogP contribution in [-0.4, -0.2) is 18.4 Å². The average Bonchev–Trinajstić information content (AvgIpc) is 2.75. The van der Waals surface area contributed by atoms with Gasteiger partial charge in [0.1, 0.15) is 0 Å². The van der Waals surface area contributed by atoms with Crippen LogP contribution in [0.3, 0.4) is 0 Å². The van der Waals surface area contributed by atoms with E-state index in [0.717, 1.165) is 30.3 Å². The van der Waals surface area contributed by atoms with E-state index in [9.17, 15) is 35.9 Å². The van der Waals surface area contributed by atoms with Crippen LogP contribution in [0.15, 0.2) is 36.4 Å². The third kappa shape index (κ3) is 7.23. The van der Waals surface area contributed by atoms with Gasteiger partial charge in [-0.05, 0) is 46.9 Å². The van der Waals surface area contributed by atoms with Gasteiger partial charge in [0.15, 0.2) is 0 Å². The highest BCUT2D eigenvalue weighted by molar-refractivity contribution is 5.76. The number of hydrogen-bond acceptors (Lipinski definition) is 2. The van der Waals surface area contributed by atoms with Crippen LogP contribution in [0.2, 0.25) is 0 Å². The first-order chi connectivity index (χ1) is 15.4. The number of carbonyl (C=O) groups excluding carboxylic acids is 2. The molecule has 0 aliphatic heterocycles. The molecule has 2 rings (SSSR count). The predicted molar refractivity (Wildman–Crippen MR) is 111 cm³/mol. The second kappa shape index (κ2) is 10.7. The molecule has 0 saturated heterocycles. The van der Waals surface area contributed by atoms with Gasteiger partial charge in [0.05, 0.1) is 11.1 Å². The van der Waals surface area contributed by atoms with E-state index in [1.165, 1.54) is 6.07 Å². The molecule has 2 amide bonds. The van der Waals surface area contributed by atoms with Crippen LogP contribution in [0.4, 0.5) is 26.3 Å². The SMILES string of the molecule is CCC(=O)NCCc1ccc(C(F)(F)F)c(-c2cc(CNC(=O)CC)ccc2C(F)(F)F)c1. The molecule has 0 aliphatic rings. The quantitative estimate of drug-likeness (QED) is 0.498. The van der Waals surface area contributed by atoms with Gasteiger partial charge in [0, 0.05) is 25.9 Å². The predicted octanol–water partition coefficient (Wildman–Crippen LogP) is 5.49. The molecule has 0 radical (unpaired) electrons. The molecule has 0 unspecified atom stereocenters. The minimum Gasteiger partial charge on any atom is -0.356 e. The Morgan fingerprint density at radius 1 is 0.727 bits per heavy atom. The van der Waals surface area contributed by atoms with Crippen molar-refractivity contribution in [1.82, 2.24) is 10.6 Å². The van der Waals surface area contributed by atoms with Crippen LogP contribution in [0.25, 0.3) is 11.1 Å². The van der Waals surface area contributed by atoms with E-state index in [0.29, 0.717) is 5.56 Å². The monoisotopic (exact) mass is 474 g/mol. The first kappa shape index (κ1) is 26.2. The second-order valence-corrected chi connectivity index (χ2v) is 7.34. The smallest absolute Gasteiger partial charge is 0.356 e. The molecule has 180 valence electrons. The van der Waals surface area contributed by atoms with E-state index in [4.69, 9.17) is 0 Å². The number of nitrogens with one attached hydrogen (secondary N) is 2. The van der Waals surface area contributed by atoms with Gasteiger partial charge in [0.25, 0.3) is 0 Å². The highest BCUT2D eigenvalue weighted by Gasteiger charge is 2.38. The summed E-state index contributed by atoms with van der Waals surface area (Å²) in [5.41, 5.74) is -3.09. The maximum atomic E-state index is 13.7. The van der Waals surface area contributed by atoms with Crippen molar-refractivity contribution in [2.24, 2.45) is 0 Å². The number of amides is 2. The lowest BCUT2D eigenvalue weighted by Gasteiger charge is -2.20. The molecule has 0 fully saturated rings. The molecule has 0 heterocycles. The molecule has 2 aromatic rings. The molecule has 0 bridgehead atoms. The van der Waals surface area contributed by atoms with Gasteiger partial charge in [-0.3, -0.25) is 9.59 Å². The fourth-order valence-electron chi connectivity index (χ4n) is 3.19. The highest BCUT2D eigenvalue weighted by Crippen LogP contribution is 2.43. The molecule has 2 aromatic carbocycles. The van der Waals surface area contributed by atoms with E-state index in [1.807, 2.05) is 0 Å². The Morgan fingerprint density at radius 2 is 1.18 bits per heavy atom. The van der Waals surface area contributed by atoms with Crippen molar-refractivity contribution in [3.05, 3.63) is 58.7 Å². The topological polar surface area (TPSA) is 58.2 Å². The molecular weight excluding hydrogens is 450 g/mol. The summed E-state index contributed by atoms with van der Waals surface area (Å²) in [6, 6.07) is 5.86. The lowest BCUT2D eigenvalue weighted by Crippen LogP contribution is -2.24. The Kier molecular flexibility index (Phi) is 8.51. The zero-order chi connectivity index (χ0) is 24.8. The summed E-state index contributed by atoms with van der Waals surface area (Å²) >= 11 is 0. The molecule has 0 spiro atoms. The summed E-state index contributed by atoms with van der Waals surface area (Å²) < 4.78 is 82.2. The fraction of sp³-hybridized carbons (Fsp3) is 0.391.